The van der Waals surface area contributed by atoms with Gasteiger partial charge >= 0.3 is 0 Å². The molecule has 5 nitrogen and oxygen atoms in total. The number of carbonyl (C=O) groups excluding carboxylic acids is 2. The molecule has 1 heterocycles. The molecule has 0 atom stereocenters. The molecule has 0 bridgehead atoms. The molecule has 6 heteroatoms. The Morgan fingerprint density at radius 3 is 2.33 bits per heavy atom. The predicted molar refractivity (Wildman–Crippen MR) is 82.6 cm³/mol. The van der Waals surface area contributed by atoms with E-state index in [-0.39, 0.29) is 23.5 Å². The minimum absolute atomic E-state index is 0.0522. The van der Waals surface area contributed by atoms with E-state index in [1.807, 2.05) is 37.3 Å². The van der Waals surface area contributed by atoms with Crippen molar-refractivity contribution in [2.75, 3.05) is 13.2 Å². The van der Waals surface area contributed by atoms with E-state index in [1.54, 1.807) is 0 Å². The van der Waals surface area contributed by atoms with Crippen LogP contribution in [0, 0.1) is 5.41 Å². The van der Waals surface area contributed by atoms with Gasteiger partial charge in [0.1, 0.15) is 0 Å². The van der Waals surface area contributed by atoms with Crippen LogP contribution >= 0.6 is 12.2 Å². The van der Waals surface area contributed by atoms with Crippen molar-refractivity contribution in [3.05, 3.63) is 35.9 Å². The van der Waals surface area contributed by atoms with Gasteiger partial charge in [-0.15, -0.1) is 0 Å². The molecule has 2 N–H and O–H groups in total. The van der Waals surface area contributed by atoms with Crippen molar-refractivity contribution in [1.29, 1.82) is 0 Å². The zero-order valence-corrected chi connectivity index (χ0v) is 12.7. The average molecular weight is 306 g/mol. The maximum Gasteiger partial charge on any atom is 0.244 e. The summed E-state index contributed by atoms with van der Waals surface area (Å²) in [5.74, 6) is -0.777. The van der Waals surface area contributed by atoms with Gasteiger partial charge in [0, 0.05) is 6.61 Å². The number of rotatable bonds is 6. The zero-order valence-electron chi connectivity index (χ0n) is 11.8. The third-order valence-electron chi connectivity index (χ3n) is 3.56. The fraction of sp³-hybridized carbons (Fsp3) is 0.400. The summed E-state index contributed by atoms with van der Waals surface area (Å²) in [5.41, 5.74) is -0.157. The van der Waals surface area contributed by atoms with E-state index >= 15 is 0 Å². The highest BCUT2D eigenvalue weighted by Gasteiger charge is 2.49. The number of thiocarbonyl (C=S) groups is 1. The van der Waals surface area contributed by atoms with Crippen molar-refractivity contribution in [1.82, 2.24) is 10.6 Å². The van der Waals surface area contributed by atoms with Gasteiger partial charge in [-0.1, -0.05) is 30.3 Å². The van der Waals surface area contributed by atoms with Gasteiger partial charge in [-0.05, 0) is 37.5 Å². The van der Waals surface area contributed by atoms with E-state index in [4.69, 9.17) is 17.0 Å². The largest absolute Gasteiger partial charge is 0.380 e. The van der Waals surface area contributed by atoms with Crippen LogP contribution in [0.1, 0.15) is 18.9 Å². The van der Waals surface area contributed by atoms with E-state index in [0.717, 1.165) is 5.56 Å². The highest BCUT2D eigenvalue weighted by Crippen LogP contribution is 2.28. The van der Waals surface area contributed by atoms with Gasteiger partial charge in [0.25, 0.3) is 0 Å². The molecule has 0 radical (unpaired) electrons. The van der Waals surface area contributed by atoms with Gasteiger partial charge < -0.3 is 15.4 Å². The quantitative estimate of drug-likeness (QED) is 0.612. The zero-order chi connectivity index (χ0) is 15.3. The minimum Gasteiger partial charge on any atom is -0.380 e. The van der Waals surface area contributed by atoms with Crippen LogP contribution in [0.5, 0.6) is 0 Å². The topological polar surface area (TPSA) is 67.4 Å². The number of nitrogens with one attached hydrogen (secondary N) is 2. The molecule has 21 heavy (non-hydrogen) atoms. The van der Waals surface area contributed by atoms with Crippen LogP contribution in [0.25, 0.3) is 0 Å². The minimum atomic E-state index is -1.23. The van der Waals surface area contributed by atoms with Gasteiger partial charge in [-0.2, -0.15) is 0 Å². The molecule has 0 aliphatic carbocycles. The maximum atomic E-state index is 12.3. The average Bonchev–Trinajstić information content (AvgIpc) is 2.47. The van der Waals surface area contributed by atoms with Crippen LogP contribution in [0.4, 0.5) is 0 Å². The van der Waals surface area contributed by atoms with Gasteiger partial charge in [-0.25, -0.2) is 0 Å². The molecule has 1 aromatic carbocycles. The van der Waals surface area contributed by atoms with Crippen LogP contribution in [0.3, 0.4) is 0 Å². The monoisotopic (exact) mass is 306 g/mol. The molecule has 1 fully saturated rings. The SMILES string of the molecule is CCOCC1(CCc2ccccc2)C(=O)NC(=S)NC1=O. The van der Waals surface area contributed by atoms with Crippen molar-refractivity contribution in [3.63, 3.8) is 0 Å². The normalized spacial score (nSPS) is 17.3. The summed E-state index contributed by atoms with van der Waals surface area (Å²) in [6, 6.07) is 9.73. The van der Waals surface area contributed by atoms with E-state index in [0.29, 0.717) is 19.4 Å². The van der Waals surface area contributed by atoms with E-state index in [2.05, 4.69) is 10.6 Å². The van der Waals surface area contributed by atoms with Crippen LogP contribution in [-0.4, -0.2) is 30.1 Å². The summed E-state index contributed by atoms with van der Waals surface area (Å²) < 4.78 is 5.38. The molecule has 1 aromatic rings. The molecule has 0 unspecified atom stereocenters. The second-order valence-corrected chi connectivity index (χ2v) is 5.35. The number of hydrogen-bond donors (Lipinski definition) is 2. The summed E-state index contributed by atoms with van der Waals surface area (Å²) in [6.45, 7) is 2.32. The first kappa shape index (κ1) is 15.6. The molecular weight excluding hydrogens is 288 g/mol. The second kappa shape index (κ2) is 6.78. The predicted octanol–water partition coefficient (Wildman–Crippen LogP) is 1.17. The highest BCUT2D eigenvalue weighted by molar-refractivity contribution is 7.80. The fourth-order valence-electron chi connectivity index (χ4n) is 2.29. The van der Waals surface area contributed by atoms with Crippen LogP contribution in [0.15, 0.2) is 30.3 Å². The van der Waals surface area contributed by atoms with Crippen molar-refractivity contribution in [2.45, 2.75) is 19.8 Å². The van der Waals surface area contributed by atoms with Crippen molar-refractivity contribution < 1.29 is 14.3 Å². The van der Waals surface area contributed by atoms with Crippen molar-refractivity contribution in [3.8, 4) is 0 Å². The van der Waals surface area contributed by atoms with E-state index in [1.165, 1.54) is 0 Å². The molecule has 0 aromatic heterocycles. The number of hydrogen-bond acceptors (Lipinski definition) is 4. The number of amides is 2. The molecule has 1 aliphatic heterocycles. The third-order valence-corrected chi connectivity index (χ3v) is 3.76. The van der Waals surface area contributed by atoms with Gasteiger partial charge in [-0.3, -0.25) is 9.59 Å². The van der Waals surface area contributed by atoms with Crippen LogP contribution in [0.2, 0.25) is 0 Å². The van der Waals surface area contributed by atoms with Gasteiger partial charge in [0.05, 0.1) is 6.61 Å². The standard InChI is InChI=1S/C15H18N2O3S/c1-2-20-10-15(9-8-11-6-4-3-5-7-11)12(18)16-14(21)17-13(15)19/h3-7H,2,8-10H2,1H3,(H2,16,17,18,19,21). The molecule has 1 saturated heterocycles. The summed E-state index contributed by atoms with van der Waals surface area (Å²) in [7, 11) is 0. The molecule has 112 valence electrons. The van der Waals surface area contributed by atoms with Crippen LogP contribution < -0.4 is 10.6 Å². The van der Waals surface area contributed by atoms with E-state index < -0.39 is 5.41 Å². The van der Waals surface area contributed by atoms with Crippen molar-refractivity contribution in [2.24, 2.45) is 5.41 Å². The smallest absolute Gasteiger partial charge is 0.244 e. The Morgan fingerprint density at radius 2 is 1.76 bits per heavy atom. The maximum absolute atomic E-state index is 12.3. The van der Waals surface area contributed by atoms with Gasteiger partial charge in [0.2, 0.25) is 11.8 Å². The van der Waals surface area contributed by atoms with Gasteiger partial charge in [0.15, 0.2) is 10.5 Å². The lowest BCUT2D eigenvalue weighted by molar-refractivity contribution is -0.148. The summed E-state index contributed by atoms with van der Waals surface area (Å²) >= 11 is 4.85. The molecule has 1 aliphatic rings. The fourth-order valence-corrected chi connectivity index (χ4v) is 2.47. The number of ether oxygens (including phenoxy) is 1. The lowest BCUT2D eigenvalue weighted by atomic mass is 9.79. The first-order valence-corrected chi connectivity index (χ1v) is 7.28. The Hall–Kier alpha value is -1.79. The lowest BCUT2D eigenvalue weighted by Crippen LogP contribution is -2.64. The first-order valence-electron chi connectivity index (χ1n) is 6.87. The molecule has 0 saturated carbocycles. The summed E-state index contributed by atoms with van der Waals surface area (Å²) in [6.07, 6.45) is 0.985. The molecular formula is C15H18N2O3S. The third kappa shape index (κ3) is 3.46. The number of benzene rings is 1. The number of aryl methyl sites for hydroxylation is 1. The Kier molecular flexibility index (Phi) is 5.03. The molecule has 2 rings (SSSR count). The van der Waals surface area contributed by atoms with E-state index in [9.17, 15) is 9.59 Å². The molecule has 0 spiro atoms. The number of carbonyl (C=O) groups is 2. The summed E-state index contributed by atoms with van der Waals surface area (Å²) in [4.78, 5) is 24.6. The molecule has 2 amide bonds. The Labute approximate surface area is 129 Å². The lowest BCUT2D eigenvalue weighted by Gasteiger charge is -2.34. The van der Waals surface area contributed by atoms with Crippen molar-refractivity contribution >= 4 is 29.1 Å². The Morgan fingerprint density at radius 1 is 1.14 bits per heavy atom. The Balaban J connectivity index is 2.18. The first-order chi connectivity index (χ1) is 10.1. The second-order valence-electron chi connectivity index (χ2n) is 4.94. The Bertz CT molecular complexity index is 525. The summed E-state index contributed by atoms with van der Waals surface area (Å²) in [5, 5.41) is 5.11. The van der Waals surface area contributed by atoms with Crippen LogP contribution in [-0.2, 0) is 20.7 Å². The highest BCUT2D eigenvalue weighted by atomic mass is 32.1.